The summed E-state index contributed by atoms with van der Waals surface area (Å²) < 4.78 is 0. The minimum atomic E-state index is 0.248. The Morgan fingerprint density at radius 1 is 1.36 bits per heavy atom. The first-order chi connectivity index (χ1) is 5.12. The van der Waals surface area contributed by atoms with E-state index in [1.807, 2.05) is 6.21 Å². The molecule has 1 heterocycles. The van der Waals surface area contributed by atoms with Gasteiger partial charge in [0.25, 0.3) is 0 Å². The number of nitrogens with zero attached hydrogens (tertiary/aromatic N) is 1. The highest BCUT2D eigenvalue weighted by molar-refractivity contribution is 5.58. The third kappa shape index (κ3) is 6.08. The molecule has 66 valence electrons. The third-order valence-corrected chi connectivity index (χ3v) is 1.56. The van der Waals surface area contributed by atoms with Crippen molar-refractivity contribution in [3.05, 3.63) is 0 Å². The van der Waals surface area contributed by atoms with E-state index in [2.05, 4.69) is 32.7 Å². The van der Waals surface area contributed by atoms with E-state index in [-0.39, 0.29) is 5.54 Å². The second kappa shape index (κ2) is 5.34. The quantitative estimate of drug-likeness (QED) is 0.508. The van der Waals surface area contributed by atoms with Gasteiger partial charge in [-0.05, 0) is 39.3 Å². The van der Waals surface area contributed by atoms with Crippen LogP contribution in [0.2, 0.25) is 0 Å². The van der Waals surface area contributed by atoms with E-state index in [0.29, 0.717) is 0 Å². The molecule has 0 aliphatic carbocycles. The molecule has 1 aliphatic rings. The normalized spacial score (nSPS) is 20.4. The molecule has 1 aliphatic heterocycles. The van der Waals surface area contributed by atoms with Crippen LogP contribution in [-0.4, -0.2) is 11.8 Å². The Hall–Kier alpha value is -0.330. The molecule has 0 aromatic heterocycles. The lowest BCUT2D eigenvalue weighted by atomic mass is 9.96. The van der Waals surface area contributed by atoms with Gasteiger partial charge in [-0.15, -0.1) is 0 Å². The van der Waals surface area contributed by atoms with E-state index in [0.717, 1.165) is 0 Å². The van der Waals surface area contributed by atoms with Gasteiger partial charge in [-0.2, -0.15) is 0 Å². The van der Waals surface area contributed by atoms with Gasteiger partial charge in [0, 0.05) is 0 Å². The Morgan fingerprint density at radius 2 is 1.91 bits per heavy atom. The van der Waals surface area contributed by atoms with Gasteiger partial charge >= 0.3 is 0 Å². The van der Waals surface area contributed by atoms with E-state index in [9.17, 15) is 0 Å². The molecule has 0 fully saturated rings. The maximum Gasteiger partial charge on any atom is 0.0548 e. The molecule has 0 aromatic carbocycles. The molecule has 1 rings (SSSR count). The molecule has 0 aromatic rings. The molecule has 0 spiro atoms. The monoisotopic (exact) mass is 155 g/mol. The van der Waals surface area contributed by atoms with Crippen molar-refractivity contribution in [3.63, 3.8) is 0 Å². The SMILES string of the molecule is CC1(C)CCCC=N1.CCC. The molecule has 0 N–H and O–H groups in total. The zero-order valence-electron chi connectivity index (χ0n) is 8.35. The molecule has 0 bridgehead atoms. The number of hydrogen-bond acceptors (Lipinski definition) is 1. The van der Waals surface area contributed by atoms with E-state index in [4.69, 9.17) is 0 Å². The minimum Gasteiger partial charge on any atom is -0.291 e. The largest absolute Gasteiger partial charge is 0.291 e. The summed E-state index contributed by atoms with van der Waals surface area (Å²) >= 11 is 0. The van der Waals surface area contributed by atoms with Crippen LogP contribution in [0, 0.1) is 0 Å². The smallest absolute Gasteiger partial charge is 0.0548 e. The summed E-state index contributed by atoms with van der Waals surface area (Å²) in [7, 11) is 0. The first kappa shape index (κ1) is 10.7. The van der Waals surface area contributed by atoms with E-state index in [1.54, 1.807) is 0 Å². The second-order valence-electron chi connectivity index (χ2n) is 3.72. The highest BCUT2D eigenvalue weighted by Gasteiger charge is 2.16. The summed E-state index contributed by atoms with van der Waals surface area (Å²) in [4.78, 5) is 4.34. The Balaban J connectivity index is 0.000000292. The highest BCUT2D eigenvalue weighted by atomic mass is 14.8. The molecule has 1 nitrogen and oxygen atoms in total. The molecule has 1 heteroatoms. The first-order valence-electron chi connectivity index (χ1n) is 4.66. The lowest BCUT2D eigenvalue weighted by molar-refractivity contribution is 0.452. The van der Waals surface area contributed by atoms with Crippen molar-refractivity contribution in [2.45, 2.75) is 58.9 Å². The molecule has 0 atom stereocenters. The topological polar surface area (TPSA) is 12.4 Å². The molecule has 0 amide bonds. The van der Waals surface area contributed by atoms with Crippen LogP contribution in [0.3, 0.4) is 0 Å². The van der Waals surface area contributed by atoms with Gasteiger partial charge < -0.3 is 0 Å². The van der Waals surface area contributed by atoms with Crippen LogP contribution >= 0.6 is 0 Å². The van der Waals surface area contributed by atoms with Crippen molar-refractivity contribution in [3.8, 4) is 0 Å². The van der Waals surface area contributed by atoms with Crippen LogP contribution in [0.5, 0.6) is 0 Å². The van der Waals surface area contributed by atoms with Gasteiger partial charge in [0.05, 0.1) is 5.54 Å². The summed E-state index contributed by atoms with van der Waals surface area (Å²) in [5.41, 5.74) is 0.248. The molecule has 0 unspecified atom stereocenters. The van der Waals surface area contributed by atoms with Crippen LogP contribution in [0.25, 0.3) is 0 Å². The standard InChI is InChI=1S/C7H13N.C3H8/c1-7(2)5-3-4-6-8-7;1-3-2/h6H,3-5H2,1-2H3;3H2,1-2H3. The summed E-state index contributed by atoms with van der Waals surface area (Å²) in [6.45, 7) is 8.62. The van der Waals surface area contributed by atoms with Crippen LogP contribution < -0.4 is 0 Å². The van der Waals surface area contributed by atoms with Crippen LogP contribution in [0.15, 0.2) is 4.99 Å². The highest BCUT2D eigenvalue weighted by Crippen LogP contribution is 2.20. The Bertz CT molecular complexity index is 114. The number of aliphatic imine (C=N–C) groups is 1. The maximum atomic E-state index is 4.34. The van der Waals surface area contributed by atoms with Gasteiger partial charge in [0.2, 0.25) is 0 Å². The summed E-state index contributed by atoms with van der Waals surface area (Å²) in [6, 6.07) is 0. The van der Waals surface area contributed by atoms with Crippen LogP contribution in [0.1, 0.15) is 53.4 Å². The van der Waals surface area contributed by atoms with Crippen molar-refractivity contribution in [2.24, 2.45) is 4.99 Å². The third-order valence-electron chi connectivity index (χ3n) is 1.56. The summed E-state index contributed by atoms with van der Waals surface area (Å²) in [6.07, 6.45) is 7.05. The van der Waals surface area contributed by atoms with Gasteiger partial charge in [0.15, 0.2) is 0 Å². The minimum absolute atomic E-state index is 0.248. The molecule has 0 saturated carbocycles. The zero-order valence-corrected chi connectivity index (χ0v) is 8.35. The van der Waals surface area contributed by atoms with Crippen LogP contribution in [0.4, 0.5) is 0 Å². The molecule has 11 heavy (non-hydrogen) atoms. The molecule has 0 radical (unpaired) electrons. The lowest BCUT2D eigenvalue weighted by Crippen LogP contribution is -2.19. The van der Waals surface area contributed by atoms with Crippen LogP contribution in [-0.2, 0) is 0 Å². The van der Waals surface area contributed by atoms with Gasteiger partial charge in [0.1, 0.15) is 0 Å². The lowest BCUT2D eigenvalue weighted by Gasteiger charge is -2.22. The van der Waals surface area contributed by atoms with Crippen molar-refractivity contribution >= 4 is 6.21 Å². The van der Waals surface area contributed by atoms with Crippen molar-refractivity contribution in [2.75, 3.05) is 0 Å². The molecular formula is C10H21N. The zero-order chi connectivity index (χ0) is 8.74. The molecular weight excluding hydrogens is 134 g/mol. The van der Waals surface area contributed by atoms with Crippen molar-refractivity contribution < 1.29 is 0 Å². The van der Waals surface area contributed by atoms with Gasteiger partial charge in [-0.25, -0.2) is 0 Å². The average Bonchev–Trinajstić information content (AvgIpc) is 1.88. The number of hydrogen-bond donors (Lipinski definition) is 0. The fourth-order valence-corrected chi connectivity index (χ4v) is 1.00. The Kier molecular flexibility index (Phi) is 5.18. The van der Waals surface area contributed by atoms with E-state index < -0.39 is 0 Å². The second-order valence-corrected chi connectivity index (χ2v) is 3.72. The van der Waals surface area contributed by atoms with Gasteiger partial charge in [-0.3, -0.25) is 4.99 Å². The predicted molar refractivity (Wildman–Crippen MR) is 52.4 cm³/mol. The maximum absolute atomic E-state index is 4.34. The fraction of sp³-hybridized carbons (Fsp3) is 0.900. The van der Waals surface area contributed by atoms with Crippen molar-refractivity contribution in [1.29, 1.82) is 0 Å². The van der Waals surface area contributed by atoms with Crippen molar-refractivity contribution in [1.82, 2.24) is 0 Å². The first-order valence-corrected chi connectivity index (χ1v) is 4.66. The average molecular weight is 155 g/mol. The van der Waals surface area contributed by atoms with Gasteiger partial charge in [-0.1, -0.05) is 20.3 Å². The number of rotatable bonds is 0. The Labute approximate surface area is 70.9 Å². The molecule has 0 saturated heterocycles. The summed E-state index contributed by atoms with van der Waals surface area (Å²) in [5.74, 6) is 0. The van der Waals surface area contributed by atoms with E-state index in [1.165, 1.54) is 25.7 Å². The Morgan fingerprint density at radius 3 is 2.09 bits per heavy atom. The fourth-order valence-electron chi connectivity index (χ4n) is 1.00. The predicted octanol–water partition coefficient (Wildman–Crippen LogP) is 3.44. The summed E-state index contributed by atoms with van der Waals surface area (Å²) in [5, 5.41) is 0. The van der Waals surface area contributed by atoms with E-state index >= 15 is 0 Å².